The van der Waals surface area contributed by atoms with Gasteiger partial charge in [0, 0.05) is 5.92 Å². The molecule has 1 unspecified atom stereocenters. The molecule has 1 amide bonds. The van der Waals surface area contributed by atoms with E-state index in [0.29, 0.717) is 0 Å². The predicted octanol–water partition coefficient (Wildman–Crippen LogP) is 2.90. The van der Waals surface area contributed by atoms with Gasteiger partial charge >= 0.3 is 0 Å². The zero-order valence-electron chi connectivity index (χ0n) is 9.55. The van der Waals surface area contributed by atoms with Gasteiger partial charge in [0.2, 0.25) is 5.91 Å². The number of nitrogens with one attached hydrogen (secondary N) is 2. The molecule has 1 atom stereocenters. The SMILES string of the molecule is CCCC(C(=O)NN=N)C(C)(C)CC. The smallest absolute Gasteiger partial charge is 0.245 e. The molecule has 0 aliphatic carbocycles. The summed E-state index contributed by atoms with van der Waals surface area (Å²) in [6, 6.07) is 0. The van der Waals surface area contributed by atoms with E-state index in [9.17, 15) is 4.79 Å². The Kier molecular flexibility index (Phi) is 5.35. The minimum absolute atomic E-state index is 0.0230. The minimum Gasteiger partial charge on any atom is -0.273 e. The Labute approximate surface area is 85.9 Å². The molecule has 4 nitrogen and oxygen atoms in total. The Morgan fingerprint density at radius 2 is 2.07 bits per heavy atom. The van der Waals surface area contributed by atoms with Crippen LogP contribution in [0.3, 0.4) is 0 Å². The van der Waals surface area contributed by atoms with Crippen molar-refractivity contribution in [3.8, 4) is 0 Å². The molecule has 0 heterocycles. The summed E-state index contributed by atoms with van der Waals surface area (Å²) in [4.78, 5) is 11.6. The molecule has 0 rings (SSSR count). The van der Waals surface area contributed by atoms with Crippen LogP contribution < -0.4 is 5.43 Å². The van der Waals surface area contributed by atoms with Crippen LogP contribution >= 0.6 is 0 Å². The van der Waals surface area contributed by atoms with E-state index in [-0.39, 0.29) is 17.2 Å². The van der Waals surface area contributed by atoms with Gasteiger partial charge in [-0.3, -0.25) is 4.79 Å². The van der Waals surface area contributed by atoms with E-state index in [4.69, 9.17) is 5.53 Å². The quantitative estimate of drug-likeness (QED) is 0.501. The molecule has 4 heteroatoms. The molecule has 0 radical (unpaired) electrons. The Bertz CT molecular complexity index is 202. The van der Waals surface area contributed by atoms with Gasteiger partial charge in [-0.15, -0.1) is 0 Å². The standard InChI is InChI=1S/C10H21N3O/c1-5-7-8(9(14)12-13-11)10(3,4)6-2/h8H,5-7H2,1-4H3,(H2,11,12,14). The zero-order chi connectivity index (χ0) is 11.2. The van der Waals surface area contributed by atoms with Gasteiger partial charge < -0.3 is 0 Å². The van der Waals surface area contributed by atoms with Crippen molar-refractivity contribution in [1.82, 2.24) is 5.43 Å². The first kappa shape index (κ1) is 13.1. The Morgan fingerprint density at radius 3 is 2.43 bits per heavy atom. The second-order valence-electron chi connectivity index (χ2n) is 4.27. The first-order chi connectivity index (χ1) is 6.49. The first-order valence-corrected chi connectivity index (χ1v) is 5.15. The molecule has 0 aliphatic heterocycles. The molecular weight excluding hydrogens is 178 g/mol. The summed E-state index contributed by atoms with van der Waals surface area (Å²) in [6.45, 7) is 8.30. The largest absolute Gasteiger partial charge is 0.273 e. The molecule has 0 spiro atoms. The maximum Gasteiger partial charge on any atom is 0.245 e. The summed E-state index contributed by atoms with van der Waals surface area (Å²) in [6.07, 6.45) is 2.77. The third-order valence-electron chi connectivity index (χ3n) is 2.91. The molecule has 2 N–H and O–H groups in total. The van der Waals surface area contributed by atoms with Gasteiger partial charge in [0.25, 0.3) is 0 Å². The van der Waals surface area contributed by atoms with Crippen molar-refractivity contribution >= 4 is 5.91 Å². The third-order valence-corrected chi connectivity index (χ3v) is 2.91. The average molecular weight is 199 g/mol. The lowest BCUT2D eigenvalue weighted by atomic mass is 9.74. The summed E-state index contributed by atoms with van der Waals surface area (Å²) in [5.41, 5.74) is 8.81. The summed E-state index contributed by atoms with van der Waals surface area (Å²) in [5, 5.41) is 2.94. The topological polar surface area (TPSA) is 65.3 Å². The molecule has 0 saturated carbocycles. The van der Waals surface area contributed by atoms with Crippen LogP contribution in [-0.4, -0.2) is 5.91 Å². The lowest BCUT2D eigenvalue weighted by molar-refractivity contribution is -0.129. The van der Waals surface area contributed by atoms with E-state index in [1.54, 1.807) is 0 Å². The van der Waals surface area contributed by atoms with Gasteiger partial charge in [0.05, 0.1) is 0 Å². The lowest BCUT2D eigenvalue weighted by Crippen LogP contribution is -2.36. The van der Waals surface area contributed by atoms with E-state index in [0.717, 1.165) is 19.3 Å². The highest BCUT2D eigenvalue weighted by Crippen LogP contribution is 2.33. The maximum atomic E-state index is 11.6. The monoisotopic (exact) mass is 199 g/mol. The number of rotatable bonds is 6. The van der Waals surface area contributed by atoms with Gasteiger partial charge in [0.1, 0.15) is 0 Å². The Hall–Kier alpha value is -0.930. The molecular formula is C10H21N3O. The zero-order valence-corrected chi connectivity index (χ0v) is 9.55. The molecule has 14 heavy (non-hydrogen) atoms. The van der Waals surface area contributed by atoms with Gasteiger partial charge in [0.15, 0.2) is 0 Å². The highest BCUT2D eigenvalue weighted by molar-refractivity contribution is 5.78. The number of hydrogen-bond acceptors (Lipinski definition) is 3. The molecule has 0 fully saturated rings. The van der Waals surface area contributed by atoms with Crippen molar-refractivity contribution in [2.24, 2.45) is 16.6 Å². The number of carbonyl (C=O) groups excluding carboxylic acids is 1. The highest BCUT2D eigenvalue weighted by Gasteiger charge is 2.32. The van der Waals surface area contributed by atoms with E-state index in [1.165, 1.54) is 0 Å². The van der Waals surface area contributed by atoms with Crippen molar-refractivity contribution in [3.05, 3.63) is 0 Å². The molecule has 82 valence electrons. The van der Waals surface area contributed by atoms with Crippen LogP contribution in [0.5, 0.6) is 0 Å². The van der Waals surface area contributed by atoms with E-state index >= 15 is 0 Å². The maximum absolute atomic E-state index is 11.6. The van der Waals surface area contributed by atoms with E-state index < -0.39 is 0 Å². The van der Waals surface area contributed by atoms with Crippen LogP contribution in [0.1, 0.15) is 47.0 Å². The second-order valence-corrected chi connectivity index (χ2v) is 4.27. The van der Waals surface area contributed by atoms with Crippen molar-refractivity contribution in [3.63, 3.8) is 0 Å². The predicted molar refractivity (Wildman–Crippen MR) is 55.8 cm³/mol. The number of amides is 1. The van der Waals surface area contributed by atoms with E-state index in [1.807, 2.05) is 0 Å². The lowest BCUT2D eigenvalue weighted by Gasteiger charge is -2.31. The van der Waals surface area contributed by atoms with Gasteiger partial charge in [-0.1, -0.05) is 45.8 Å². The number of nitrogens with zero attached hydrogens (tertiary/aromatic N) is 1. The van der Waals surface area contributed by atoms with Gasteiger partial charge in [-0.05, 0) is 11.8 Å². The van der Waals surface area contributed by atoms with Gasteiger partial charge in [-0.2, -0.15) is 5.53 Å². The highest BCUT2D eigenvalue weighted by atomic mass is 16.2. The van der Waals surface area contributed by atoms with Crippen molar-refractivity contribution in [2.75, 3.05) is 0 Å². The van der Waals surface area contributed by atoms with Crippen LogP contribution in [0.4, 0.5) is 0 Å². The Balaban J connectivity index is 4.57. The average Bonchev–Trinajstić information content (AvgIpc) is 2.14. The summed E-state index contributed by atoms with van der Waals surface area (Å²) in [5.74, 6) is -0.180. The third kappa shape index (κ3) is 3.44. The van der Waals surface area contributed by atoms with Gasteiger partial charge in [-0.25, -0.2) is 5.43 Å². The van der Waals surface area contributed by atoms with Crippen molar-refractivity contribution < 1.29 is 4.79 Å². The molecule has 0 saturated heterocycles. The molecule has 0 bridgehead atoms. The van der Waals surface area contributed by atoms with E-state index in [2.05, 4.69) is 38.3 Å². The Morgan fingerprint density at radius 1 is 1.50 bits per heavy atom. The molecule has 0 aromatic carbocycles. The van der Waals surface area contributed by atoms with Crippen LogP contribution in [0, 0.1) is 16.9 Å². The first-order valence-electron chi connectivity index (χ1n) is 5.15. The molecule has 0 aromatic rings. The van der Waals surface area contributed by atoms with Crippen molar-refractivity contribution in [1.29, 1.82) is 5.53 Å². The fourth-order valence-electron chi connectivity index (χ4n) is 1.54. The summed E-state index contributed by atoms with van der Waals surface area (Å²) >= 11 is 0. The number of carbonyl (C=O) groups is 1. The van der Waals surface area contributed by atoms with Crippen LogP contribution in [0.2, 0.25) is 0 Å². The normalized spacial score (nSPS) is 13.4. The van der Waals surface area contributed by atoms with Crippen molar-refractivity contribution in [2.45, 2.75) is 47.0 Å². The molecule has 0 aromatic heterocycles. The fraction of sp³-hybridized carbons (Fsp3) is 0.900. The fourth-order valence-corrected chi connectivity index (χ4v) is 1.54. The number of hydrogen-bond donors (Lipinski definition) is 2. The summed E-state index contributed by atoms with van der Waals surface area (Å²) < 4.78 is 0. The minimum atomic E-state index is -0.131. The van der Waals surface area contributed by atoms with Crippen LogP contribution in [0.15, 0.2) is 5.22 Å². The van der Waals surface area contributed by atoms with Crippen LogP contribution in [-0.2, 0) is 4.79 Å². The second kappa shape index (κ2) is 5.73. The summed E-state index contributed by atoms with van der Waals surface area (Å²) in [7, 11) is 0. The molecule has 0 aliphatic rings. The van der Waals surface area contributed by atoms with Crippen LogP contribution in [0.25, 0.3) is 0 Å².